The van der Waals surface area contributed by atoms with Gasteiger partial charge >= 0.3 is 0 Å². The summed E-state index contributed by atoms with van der Waals surface area (Å²) < 4.78 is 6.88. The minimum atomic E-state index is -0.525. The molecule has 5 nitrogen and oxygen atoms in total. The normalized spacial score (nSPS) is 10.1. The first-order valence-electron chi connectivity index (χ1n) is 4.52. The lowest BCUT2D eigenvalue weighted by Gasteiger charge is -2.04. The van der Waals surface area contributed by atoms with Gasteiger partial charge in [0.15, 0.2) is 6.61 Å². The van der Waals surface area contributed by atoms with Crippen LogP contribution in [-0.4, -0.2) is 26.6 Å². The minimum absolute atomic E-state index is 0.131. The van der Waals surface area contributed by atoms with Gasteiger partial charge in [0.05, 0.1) is 0 Å². The fraction of sp³-hybridized carbons (Fsp3) is 0.100. The third kappa shape index (κ3) is 2.58. The Morgan fingerprint density at radius 3 is 2.44 bits per heavy atom. The van der Waals surface area contributed by atoms with E-state index in [4.69, 9.17) is 16.3 Å². The molecule has 1 aromatic heterocycles. The van der Waals surface area contributed by atoms with Crippen LogP contribution in [0.5, 0.6) is 5.75 Å². The molecule has 0 unspecified atom stereocenters. The second-order valence-electron chi connectivity index (χ2n) is 3.01. The van der Waals surface area contributed by atoms with Gasteiger partial charge in [-0.2, -0.15) is 0 Å². The van der Waals surface area contributed by atoms with Crippen LogP contribution in [0.15, 0.2) is 36.9 Å². The van der Waals surface area contributed by atoms with Crippen LogP contribution in [0.25, 0.3) is 5.69 Å². The van der Waals surface area contributed by atoms with Crippen molar-refractivity contribution in [2.45, 2.75) is 0 Å². The molecule has 0 aliphatic carbocycles. The van der Waals surface area contributed by atoms with Gasteiger partial charge in [-0.25, -0.2) is 0 Å². The molecule has 2 aromatic rings. The third-order valence-electron chi connectivity index (χ3n) is 1.91. The van der Waals surface area contributed by atoms with Crippen LogP contribution in [0, 0.1) is 0 Å². The van der Waals surface area contributed by atoms with Crippen molar-refractivity contribution in [1.82, 2.24) is 14.8 Å². The smallest absolute Gasteiger partial charge is 0.259 e. The van der Waals surface area contributed by atoms with Crippen molar-refractivity contribution in [3.05, 3.63) is 36.9 Å². The van der Waals surface area contributed by atoms with Crippen LogP contribution >= 0.6 is 11.6 Å². The molecule has 0 fully saturated rings. The lowest BCUT2D eigenvalue weighted by atomic mass is 10.3. The fourth-order valence-corrected chi connectivity index (χ4v) is 1.24. The molecule has 6 heteroatoms. The summed E-state index contributed by atoms with van der Waals surface area (Å²) in [5.74, 6) is 0.589. The SMILES string of the molecule is O=C(Cl)COc1ccc(-n2cnnc2)cc1. The largest absolute Gasteiger partial charge is 0.484 e. The summed E-state index contributed by atoms with van der Waals surface area (Å²) in [6, 6.07) is 7.15. The molecular formula is C10H8ClN3O2. The second kappa shape index (κ2) is 4.76. The molecule has 82 valence electrons. The summed E-state index contributed by atoms with van der Waals surface area (Å²) in [4.78, 5) is 10.5. The predicted molar refractivity (Wildman–Crippen MR) is 57.7 cm³/mol. The van der Waals surface area contributed by atoms with Gasteiger partial charge in [0, 0.05) is 5.69 Å². The van der Waals surface area contributed by atoms with Crippen molar-refractivity contribution < 1.29 is 9.53 Å². The number of ether oxygens (including phenoxy) is 1. The highest BCUT2D eigenvalue weighted by Gasteiger charge is 2.00. The number of benzene rings is 1. The molecule has 0 aliphatic heterocycles. The topological polar surface area (TPSA) is 57.0 Å². The monoisotopic (exact) mass is 237 g/mol. The van der Waals surface area contributed by atoms with E-state index in [1.807, 2.05) is 12.1 Å². The molecule has 16 heavy (non-hydrogen) atoms. The quantitative estimate of drug-likeness (QED) is 0.755. The second-order valence-corrected chi connectivity index (χ2v) is 3.43. The lowest BCUT2D eigenvalue weighted by Crippen LogP contribution is -2.04. The maximum atomic E-state index is 10.5. The van der Waals surface area contributed by atoms with E-state index in [1.165, 1.54) is 0 Å². The molecule has 0 amide bonds. The van der Waals surface area contributed by atoms with Crippen molar-refractivity contribution >= 4 is 16.8 Å². The molecule has 0 atom stereocenters. The van der Waals surface area contributed by atoms with Crippen molar-refractivity contribution in [3.8, 4) is 11.4 Å². The van der Waals surface area contributed by atoms with Gasteiger partial charge in [0.2, 0.25) is 0 Å². The Morgan fingerprint density at radius 2 is 1.88 bits per heavy atom. The molecule has 1 aromatic carbocycles. The number of carbonyl (C=O) groups is 1. The zero-order chi connectivity index (χ0) is 11.4. The molecule has 0 saturated carbocycles. The molecule has 2 rings (SSSR count). The number of carbonyl (C=O) groups excluding carboxylic acids is 1. The van der Waals surface area contributed by atoms with Gasteiger partial charge in [-0.05, 0) is 35.9 Å². The van der Waals surface area contributed by atoms with E-state index in [0.717, 1.165) is 5.69 Å². The van der Waals surface area contributed by atoms with Gasteiger partial charge in [0.25, 0.3) is 5.24 Å². The zero-order valence-electron chi connectivity index (χ0n) is 8.21. The first kappa shape index (κ1) is 10.6. The average molecular weight is 238 g/mol. The van der Waals surface area contributed by atoms with Crippen LogP contribution in [0.1, 0.15) is 0 Å². The van der Waals surface area contributed by atoms with Crippen LogP contribution < -0.4 is 4.74 Å². The summed E-state index contributed by atoms with van der Waals surface area (Å²) >= 11 is 5.16. The van der Waals surface area contributed by atoms with Crippen molar-refractivity contribution in [3.63, 3.8) is 0 Å². The molecule has 0 saturated heterocycles. The summed E-state index contributed by atoms with van der Waals surface area (Å²) in [5.41, 5.74) is 0.912. The van der Waals surface area contributed by atoms with E-state index >= 15 is 0 Å². The molecule has 0 N–H and O–H groups in total. The maximum Gasteiger partial charge on any atom is 0.259 e. The third-order valence-corrected chi connectivity index (χ3v) is 2.02. The molecule has 1 heterocycles. The number of halogens is 1. The van der Waals surface area contributed by atoms with Crippen molar-refractivity contribution in [1.29, 1.82) is 0 Å². The minimum Gasteiger partial charge on any atom is -0.484 e. The molecular weight excluding hydrogens is 230 g/mol. The highest BCUT2D eigenvalue weighted by atomic mass is 35.5. The Hall–Kier alpha value is -1.88. The first-order chi connectivity index (χ1) is 7.75. The number of hydrogen-bond donors (Lipinski definition) is 0. The number of rotatable bonds is 4. The van der Waals surface area contributed by atoms with Crippen LogP contribution in [0.2, 0.25) is 0 Å². The zero-order valence-corrected chi connectivity index (χ0v) is 8.96. The predicted octanol–water partition coefficient (Wildman–Crippen LogP) is 1.41. The van der Waals surface area contributed by atoms with Gasteiger partial charge in [-0.3, -0.25) is 9.36 Å². The Bertz CT molecular complexity index is 467. The Morgan fingerprint density at radius 1 is 1.25 bits per heavy atom. The van der Waals surface area contributed by atoms with Crippen molar-refractivity contribution in [2.24, 2.45) is 0 Å². The molecule has 0 aliphatic rings. The van der Waals surface area contributed by atoms with Gasteiger partial charge in [0.1, 0.15) is 18.4 Å². The molecule has 0 spiro atoms. The van der Waals surface area contributed by atoms with Gasteiger partial charge in [-0.1, -0.05) is 0 Å². The Labute approximate surface area is 96.6 Å². The van der Waals surface area contributed by atoms with E-state index in [-0.39, 0.29) is 6.61 Å². The van der Waals surface area contributed by atoms with E-state index in [2.05, 4.69) is 10.2 Å². The number of aromatic nitrogens is 3. The van der Waals surface area contributed by atoms with Gasteiger partial charge < -0.3 is 4.74 Å². The first-order valence-corrected chi connectivity index (χ1v) is 4.90. The van der Waals surface area contributed by atoms with E-state index in [0.29, 0.717) is 5.75 Å². The van der Waals surface area contributed by atoms with E-state index in [9.17, 15) is 4.79 Å². The molecule has 0 radical (unpaired) electrons. The average Bonchev–Trinajstić information content (AvgIpc) is 2.80. The summed E-state index contributed by atoms with van der Waals surface area (Å²) in [7, 11) is 0. The van der Waals surface area contributed by atoms with Crippen molar-refractivity contribution in [2.75, 3.05) is 6.61 Å². The Balaban J connectivity index is 2.08. The van der Waals surface area contributed by atoms with Crippen LogP contribution in [0.3, 0.4) is 0 Å². The maximum absolute atomic E-state index is 10.5. The standard InChI is InChI=1S/C10H8ClN3O2/c11-10(15)5-16-9-3-1-8(2-4-9)14-6-12-13-7-14/h1-4,6-7H,5H2. The number of hydrogen-bond acceptors (Lipinski definition) is 4. The van der Waals surface area contributed by atoms with E-state index < -0.39 is 5.24 Å². The lowest BCUT2D eigenvalue weighted by molar-refractivity contribution is -0.113. The Kier molecular flexibility index (Phi) is 3.16. The van der Waals surface area contributed by atoms with Gasteiger partial charge in [-0.15, -0.1) is 10.2 Å². The van der Waals surface area contributed by atoms with E-state index in [1.54, 1.807) is 29.4 Å². The fourth-order valence-electron chi connectivity index (χ4n) is 1.19. The number of nitrogens with zero attached hydrogens (tertiary/aromatic N) is 3. The molecule has 0 bridgehead atoms. The summed E-state index contributed by atoms with van der Waals surface area (Å²) in [6.45, 7) is -0.131. The highest BCUT2D eigenvalue weighted by molar-refractivity contribution is 6.63. The van der Waals surface area contributed by atoms with Crippen LogP contribution in [0.4, 0.5) is 0 Å². The summed E-state index contributed by atoms with van der Waals surface area (Å²) in [5, 5.41) is 6.88. The van der Waals surface area contributed by atoms with Crippen LogP contribution in [-0.2, 0) is 4.79 Å². The summed E-state index contributed by atoms with van der Waals surface area (Å²) in [6.07, 6.45) is 3.19. The highest BCUT2D eigenvalue weighted by Crippen LogP contribution is 2.14.